The molecular weight excluding hydrogens is 381 g/mol. The van der Waals surface area contributed by atoms with Gasteiger partial charge in [0, 0.05) is 19.3 Å². The molecule has 2 aromatic rings. The van der Waals surface area contributed by atoms with E-state index in [4.69, 9.17) is 11.6 Å². The van der Waals surface area contributed by atoms with Gasteiger partial charge in [-0.2, -0.15) is 17.5 Å². The van der Waals surface area contributed by atoms with E-state index in [-0.39, 0.29) is 19.1 Å². The molecule has 0 atom stereocenters. The summed E-state index contributed by atoms with van der Waals surface area (Å²) in [7, 11) is -4.02. The minimum atomic E-state index is -4.72. The molecule has 0 spiro atoms. The number of alkyl halides is 3. The molecule has 1 aliphatic rings. The highest BCUT2D eigenvalue weighted by molar-refractivity contribution is 7.89. The molecule has 0 aliphatic carbocycles. The third kappa shape index (κ3) is 3.65. The summed E-state index contributed by atoms with van der Waals surface area (Å²) in [5.74, 6) is 0. The van der Waals surface area contributed by atoms with Gasteiger partial charge in [-0.15, -0.1) is 5.10 Å². The maximum Gasteiger partial charge on any atom is 0.417 e. The van der Waals surface area contributed by atoms with Crippen molar-refractivity contribution in [2.75, 3.05) is 13.1 Å². The van der Waals surface area contributed by atoms with Crippen LogP contribution in [0, 0.1) is 0 Å². The quantitative estimate of drug-likeness (QED) is 0.802. The van der Waals surface area contributed by atoms with Crippen LogP contribution in [0.2, 0.25) is 5.02 Å². The maximum atomic E-state index is 13.0. The summed E-state index contributed by atoms with van der Waals surface area (Å²) in [6.07, 6.45) is -0.480. The minimum absolute atomic E-state index is 0.0184. The second-order valence-corrected chi connectivity index (χ2v) is 8.00. The first-order valence-corrected chi connectivity index (χ1v) is 9.24. The van der Waals surface area contributed by atoms with Crippen LogP contribution in [0.15, 0.2) is 35.5 Å². The first-order valence-electron chi connectivity index (χ1n) is 7.42. The molecule has 0 radical (unpaired) electrons. The van der Waals surface area contributed by atoms with Crippen LogP contribution in [0.3, 0.4) is 0 Å². The van der Waals surface area contributed by atoms with Gasteiger partial charge in [0.2, 0.25) is 10.0 Å². The highest BCUT2D eigenvalue weighted by Crippen LogP contribution is 2.37. The van der Waals surface area contributed by atoms with Crippen molar-refractivity contribution >= 4 is 21.6 Å². The number of aromatic nitrogens is 3. The van der Waals surface area contributed by atoms with Crippen molar-refractivity contribution < 1.29 is 21.6 Å². The second-order valence-electron chi connectivity index (χ2n) is 5.66. The Bertz CT molecular complexity index is 847. The van der Waals surface area contributed by atoms with Crippen LogP contribution in [0.4, 0.5) is 13.2 Å². The molecule has 3 rings (SSSR count). The first-order chi connectivity index (χ1) is 11.7. The topological polar surface area (TPSA) is 68.1 Å². The number of piperidine rings is 1. The molecule has 0 amide bonds. The Hall–Kier alpha value is -1.65. The summed E-state index contributed by atoms with van der Waals surface area (Å²) in [6, 6.07) is 2.65. The molecule has 1 aliphatic heterocycles. The number of hydrogen-bond acceptors (Lipinski definition) is 4. The monoisotopic (exact) mass is 394 g/mol. The highest BCUT2D eigenvalue weighted by atomic mass is 35.5. The summed E-state index contributed by atoms with van der Waals surface area (Å²) in [6.45, 7) is 0.383. The van der Waals surface area contributed by atoms with Crippen molar-refractivity contribution in [1.29, 1.82) is 0 Å². The van der Waals surface area contributed by atoms with Crippen molar-refractivity contribution in [1.82, 2.24) is 19.3 Å². The molecule has 0 saturated carbocycles. The van der Waals surface area contributed by atoms with Gasteiger partial charge in [0.05, 0.1) is 27.7 Å². The third-order valence-electron chi connectivity index (χ3n) is 4.12. The van der Waals surface area contributed by atoms with E-state index in [1.807, 2.05) is 0 Å². The predicted octanol–water partition coefficient (Wildman–Crippen LogP) is 2.98. The fourth-order valence-electron chi connectivity index (χ4n) is 2.79. The zero-order valence-corrected chi connectivity index (χ0v) is 14.4. The van der Waals surface area contributed by atoms with E-state index in [9.17, 15) is 21.6 Å². The Morgan fingerprint density at radius 3 is 2.44 bits per heavy atom. The van der Waals surface area contributed by atoms with Gasteiger partial charge in [0.25, 0.3) is 0 Å². The molecule has 1 saturated heterocycles. The predicted molar refractivity (Wildman–Crippen MR) is 83.5 cm³/mol. The largest absolute Gasteiger partial charge is 0.417 e. The average molecular weight is 395 g/mol. The Balaban J connectivity index is 1.81. The number of halogens is 4. The smallest absolute Gasteiger partial charge is 0.249 e. The Labute approximate surface area is 147 Å². The van der Waals surface area contributed by atoms with Crippen LogP contribution < -0.4 is 0 Å². The number of benzene rings is 1. The normalized spacial score (nSPS) is 17.8. The highest BCUT2D eigenvalue weighted by Gasteiger charge is 2.36. The average Bonchev–Trinajstić information content (AvgIpc) is 3.08. The number of rotatable bonds is 3. The van der Waals surface area contributed by atoms with Gasteiger partial charge >= 0.3 is 6.18 Å². The van der Waals surface area contributed by atoms with Gasteiger partial charge in [-0.1, -0.05) is 16.8 Å². The molecule has 11 heteroatoms. The summed E-state index contributed by atoms with van der Waals surface area (Å²) in [5, 5.41) is 7.08. The second kappa shape index (κ2) is 6.58. The van der Waals surface area contributed by atoms with E-state index >= 15 is 0 Å². The first kappa shape index (κ1) is 18.2. The van der Waals surface area contributed by atoms with Crippen molar-refractivity contribution in [3.8, 4) is 0 Å². The standard InChI is InChI=1S/C14H14ClF3N4O2S/c15-13-2-1-11(9-12(13)14(16,17)18)25(23,24)21-6-3-10(4-7-21)22-8-5-19-20-22/h1-2,5,8-10H,3-4,6-7H2. The Morgan fingerprint density at radius 2 is 1.88 bits per heavy atom. The lowest BCUT2D eigenvalue weighted by Crippen LogP contribution is -2.39. The Morgan fingerprint density at radius 1 is 1.20 bits per heavy atom. The molecule has 1 aromatic heterocycles. The number of sulfonamides is 1. The lowest BCUT2D eigenvalue weighted by atomic mass is 10.1. The van der Waals surface area contributed by atoms with Crippen LogP contribution in [-0.2, 0) is 16.2 Å². The molecule has 1 fully saturated rings. The SMILES string of the molecule is O=S(=O)(c1ccc(Cl)c(C(F)(F)F)c1)N1CCC(n2ccnn2)CC1. The molecule has 6 nitrogen and oxygen atoms in total. The van der Waals surface area contributed by atoms with Gasteiger partial charge in [-0.05, 0) is 31.0 Å². The maximum absolute atomic E-state index is 13.0. The molecular formula is C14H14ClF3N4O2S. The molecule has 0 N–H and O–H groups in total. The van der Waals surface area contributed by atoms with Gasteiger partial charge in [-0.25, -0.2) is 13.1 Å². The third-order valence-corrected chi connectivity index (χ3v) is 6.34. The van der Waals surface area contributed by atoms with Crippen molar-refractivity contribution in [3.05, 3.63) is 41.2 Å². The van der Waals surface area contributed by atoms with Crippen molar-refractivity contribution in [3.63, 3.8) is 0 Å². The van der Waals surface area contributed by atoms with Crippen LogP contribution >= 0.6 is 11.6 Å². The van der Waals surface area contributed by atoms with E-state index < -0.39 is 31.7 Å². The summed E-state index contributed by atoms with van der Waals surface area (Å²) in [4.78, 5) is -0.413. The Kier molecular flexibility index (Phi) is 4.78. The van der Waals surface area contributed by atoms with Gasteiger partial charge < -0.3 is 0 Å². The van der Waals surface area contributed by atoms with Gasteiger partial charge in [0.15, 0.2) is 0 Å². The van der Waals surface area contributed by atoms with E-state index in [2.05, 4.69) is 10.3 Å². The van der Waals surface area contributed by atoms with Gasteiger partial charge in [0.1, 0.15) is 0 Å². The molecule has 136 valence electrons. The summed E-state index contributed by atoms with van der Waals surface area (Å²) in [5.41, 5.74) is -1.16. The van der Waals surface area contributed by atoms with E-state index in [0.29, 0.717) is 18.9 Å². The van der Waals surface area contributed by atoms with E-state index in [1.165, 1.54) is 10.5 Å². The molecule has 1 aromatic carbocycles. The molecule has 25 heavy (non-hydrogen) atoms. The van der Waals surface area contributed by atoms with Crippen LogP contribution in [0.5, 0.6) is 0 Å². The zero-order chi connectivity index (χ0) is 18.2. The summed E-state index contributed by atoms with van der Waals surface area (Å²) >= 11 is 5.55. The summed E-state index contributed by atoms with van der Waals surface area (Å²) < 4.78 is 67.0. The van der Waals surface area contributed by atoms with Crippen LogP contribution in [0.1, 0.15) is 24.4 Å². The number of nitrogens with zero attached hydrogens (tertiary/aromatic N) is 4. The lowest BCUT2D eigenvalue weighted by molar-refractivity contribution is -0.137. The van der Waals surface area contributed by atoms with Crippen LogP contribution in [0.25, 0.3) is 0 Å². The van der Waals surface area contributed by atoms with E-state index in [1.54, 1.807) is 10.9 Å². The molecule has 0 unspecified atom stereocenters. The molecule has 0 bridgehead atoms. The van der Waals surface area contributed by atoms with Gasteiger partial charge in [-0.3, -0.25) is 0 Å². The minimum Gasteiger partial charge on any atom is -0.249 e. The fourth-order valence-corrected chi connectivity index (χ4v) is 4.51. The van der Waals surface area contributed by atoms with Crippen molar-refractivity contribution in [2.24, 2.45) is 0 Å². The number of hydrogen-bond donors (Lipinski definition) is 0. The zero-order valence-electron chi connectivity index (χ0n) is 12.8. The van der Waals surface area contributed by atoms with Crippen molar-refractivity contribution in [2.45, 2.75) is 30.0 Å². The fraction of sp³-hybridized carbons (Fsp3) is 0.429. The molecule has 2 heterocycles. The van der Waals surface area contributed by atoms with Crippen LogP contribution in [-0.4, -0.2) is 40.8 Å². The van der Waals surface area contributed by atoms with E-state index in [0.717, 1.165) is 12.1 Å². The lowest BCUT2D eigenvalue weighted by Gasteiger charge is -2.31.